The number of halogens is 3. The van der Waals surface area contributed by atoms with E-state index in [2.05, 4.69) is 0 Å². The average Bonchev–Trinajstić information content (AvgIpc) is 2.01. The van der Waals surface area contributed by atoms with Gasteiger partial charge in [0.2, 0.25) is 6.41 Å². The van der Waals surface area contributed by atoms with Crippen molar-refractivity contribution in [3.63, 3.8) is 0 Å². The first-order valence-corrected chi connectivity index (χ1v) is 3.03. The van der Waals surface area contributed by atoms with E-state index in [0.717, 1.165) is 7.05 Å². The van der Waals surface area contributed by atoms with Crippen LogP contribution < -0.4 is 5.43 Å². The smallest absolute Gasteiger partial charge is 0.291 e. The maximum Gasteiger partial charge on any atom is 0.433 e. The Morgan fingerprint density at radius 2 is 2.15 bits per heavy atom. The Hall–Kier alpha value is -1.71. The zero-order valence-corrected chi connectivity index (χ0v) is 6.59. The second-order valence-electron chi connectivity index (χ2n) is 2.01. The first kappa shape index (κ1) is 11.3. The van der Waals surface area contributed by atoms with Crippen molar-refractivity contribution in [2.75, 3.05) is 7.05 Å². The summed E-state index contributed by atoms with van der Waals surface area (Å²) < 4.78 is 35.9. The molecule has 1 N–H and O–H groups in total. The molecule has 0 aliphatic rings. The van der Waals surface area contributed by atoms with E-state index in [1.54, 1.807) is 5.43 Å². The van der Waals surface area contributed by atoms with Crippen molar-refractivity contribution in [3.8, 4) is 6.07 Å². The first-order valence-electron chi connectivity index (χ1n) is 3.03. The van der Waals surface area contributed by atoms with Crippen LogP contribution in [-0.4, -0.2) is 24.6 Å². The van der Waals surface area contributed by atoms with Crippen LogP contribution >= 0.6 is 0 Å². The number of hydrazine groups is 1. The average molecular weight is 193 g/mol. The highest BCUT2D eigenvalue weighted by Gasteiger charge is 2.34. The molecule has 13 heavy (non-hydrogen) atoms. The fourth-order valence-corrected chi connectivity index (χ4v) is 0.458. The predicted molar refractivity (Wildman–Crippen MR) is 36.7 cm³/mol. The van der Waals surface area contributed by atoms with Crippen molar-refractivity contribution in [2.45, 2.75) is 6.18 Å². The predicted octanol–water partition coefficient (Wildman–Crippen LogP) is 0.549. The number of alkyl halides is 3. The summed E-state index contributed by atoms with van der Waals surface area (Å²) in [7, 11) is 1.09. The summed E-state index contributed by atoms with van der Waals surface area (Å²) >= 11 is 0. The Labute approximate surface area is 72.2 Å². The van der Waals surface area contributed by atoms with Crippen molar-refractivity contribution < 1.29 is 18.0 Å². The Kier molecular flexibility index (Phi) is 3.78. The molecule has 0 spiro atoms. The number of carbonyl (C=O) groups is 1. The molecule has 0 saturated heterocycles. The zero-order valence-electron chi connectivity index (χ0n) is 6.59. The molecule has 0 aromatic heterocycles. The summed E-state index contributed by atoms with van der Waals surface area (Å²) in [5.41, 5.74) is 0.399. The van der Waals surface area contributed by atoms with E-state index in [1.165, 1.54) is 6.07 Å². The molecule has 0 atom stereocenters. The molecule has 1 amide bonds. The minimum Gasteiger partial charge on any atom is -0.291 e. The number of rotatable bonds is 3. The zero-order chi connectivity index (χ0) is 10.5. The maximum atomic E-state index is 12.0. The van der Waals surface area contributed by atoms with Crippen molar-refractivity contribution in [1.29, 1.82) is 5.26 Å². The lowest BCUT2D eigenvalue weighted by molar-refractivity contribution is -0.123. The van der Waals surface area contributed by atoms with Crippen molar-refractivity contribution in [2.24, 2.45) is 0 Å². The first-order chi connectivity index (χ1) is 5.91. The second kappa shape index (κ2) is 4.35. The number of hydrogen-bond acceptors (Lipinski definition) is 3. The number of allylic oxidation sites excluding steroid dienone is 2. The van der Waals surface area contributed by atoms with Crippen molar-refractivity contribution in [1.82, 2.24) is 10.4 Å². The Morgan fingerprint density at radius 1 is 1.62 bits per heavy atom. The van der Waals surface area contributed by atoms with Gasteiger partial charge < -0.3 is 0 Å². The van der Waals surface area contributed by atoms with Crippen molar-refractivity contribution >= 4 is 6.41 Å². The van der Waals surface area contributed by atoms with Gasteiger partial charge in [-0.3, -0.25) is 15.2 Å². The van der Waals surface area contributed by atoms with Crippen LogP contribution in [0.1, 0.15) is 0 Å². The summed E-state index contributed by atoms with van der Waals surface area (Å²) in [6, 6.07) is 1.22. The summed E-state index contributed by atoms with van der Waals surface area (Å²) in [5.74, 6) is 0. The third-order valence-corrected chi connectivity index (χ3v) is 0.969. The van der Waals surface area contributed by atoms with E-state index in [1.807, 2.05) is 0 Å². The van der Waals surface area contributed by atoms with Gasteiger partial charge >= 0.3 is 6.18 Å². The molecule has 0 unspecified atom stereocenters. The van der Waals surface area contributed by atoms with Crippen LogP contribution in [0.15, 0.2) is 11.8 Å². The van der Waals surface area contributed by atoms with E-state index in [4.69, 9.17) is 5.26 Å². The highest BCUT2D eigenvalue weighted by atomic mass is 19.4. The fourth-order valence-electron chi connectivity index (χ4n) is 0.458. The van der Waals surface area contributed by atoms with E-state index in [-0.39, 0.29) is 12.5 Å². The number of hydrogen-bond donors (Lipinski definition) is 1. The van der Waals surface area contributed by atoms with Gasteiger partial charge in [-0.1, -0.05) is 0 Å². The molecule has 4 nitrogen and oxygen atoms in total. The minimum absolute atomic E-state index is 0.150. The van der Waals surface area contributed by atoms with Gasteiger partial charge in [-0.2, -0.15) is 18.4 Å². The van der Waals surface area contributed by atoms with Crippen molar-refractivity contribution in [3.05, 3.63) is 11.8 Å². The molecule has 0 rings (SSSR count). The number of carbonyl (C=O) groups excluding carboxylic acids is 1. The standard InChI is InChI=1S/C6H6F3N3O/c1-12(4-13)11-5(2-3-10)6(7,8)9/h2,4,11H,1H3/b5-2+. The lowest BCUT2D eigenvalue weighted by atomic mass is 10.4. The summed E-state index contributed by atoms with van der Waals surface area (Å²) in [6.07, 6.45) is -4.25. The molecular weight excluding hydrogens is 187 g/mol. The molecule has 0 aliphatic heterocycles. The summed E-state index contributed by atoms with van der Waals surface area (Å²) in [4.78, 5) is 9.96. The third kappa shape index (κ3) is 4.00. The van der Waals surface area contributed by atoms with Gasteiger partial charge in [0.1, 0.15) is 5.70 Å². The molecule has 0 fully saturated rings. The third-order valence-electron chi connectivity index (χ3n) is 0.969. The van der Waals surface area contributed by atoms with Crippen LogP contribution in [0.2, 0.25) is 0 Å². The van der Waals surface area contributed by atoms with Gasteiger partial charge in [-0.05, 0) is 0 Å². The van der Waals surface area contributed by atoms with E-state index >= 15 is 0 Å². The molecule has 0 aromatic rings. The number of nitrogens with zero attached hydrogens (tertiary/aromatic N) is 2. The van der Waals surface area contributed by atoms with E-state index in [0.29, 0.717) is 5.01 Å². The molecule has 72 valence electrons. The summed E-state index contributed by atoms with van der Waals surface area (Å²) in [6.45, 7) is 0. The molecule has 0 aromatic carbocycles. The van der Waals surface area contributed by atoms with Crippen LogP contribution in [0, 0.1) is 11.3 Å². The normalized spacial score (nSPS) is 11.8. The maximum absolute atomic E-state index is 12.0. The number of nitriles is 1. The second-order valence-corrected chi connectivity index (χ2v) is 2.01. The highest BCUT2D eigenvalue weighted by Crippen LogP contribution is 2.22. The Bertz CT molecular complexity index is 253. The lowest BCUT2D eigenvalue weighted by Gasteiger charge is -2.17. The lowest BCUT2D eigenvalue weighted by Crippen LogP contribution is -2.37. The number of amides is 1. The van der Waals surface area contributed by atoms with Crippen LogP contribution in [0.4, 0.5) is 13.2 Å². The topological polar surface area (TPSA) is 56.1 Å². The SMILES string of the molecule is CN(C=O)N/C(=C/C#N)C(F)(F)F. The van der Waals surface area contributed by atoms with Gasteiger partial charge in [0.25, 0.3) is 0 Å². The Morgan fingerprint density at radius 3 is 2.46 bits per heavy atom. The van der Waals surface area contributed by atoms with Gasteiger partial charge in [0.15, 0.2) is 0 Å². The van der Waals surface area contributed by atoms with Gasteiger partial charge in [0, 0.05) is 13.1 Å². The quantitative estimate of drug-likeness (QED) is 0.404. The molecule has 7 heteroatoms. The largest absolute Gasteiger partial charge is 0.433 e. The molecule has 0 aliphatic carbocycles. The molecule has 0 saturated carbocycles. The minimum atomic E-state index is -4.67. The fraction of sp³-hybridized carbons (Fsp3) is 0.333. The van der Waals surface area contributed by atoms with Crippen LogP contribution in [0.5, 0.6) is 0 Å². The molecule has 0 heterocycles. The van der Waals surface area contributed by atoms with Gasteiger partial charge in [0.05, 0.1) is 6.07 Å². The van der Waals surface area contributed by atoms with Gasteiger partial charge in [-0.25, -0.2) is 0 Å². The van der Waals surface area contributed by atoms with Crippen LogP contribution in [0.3, 0.4) is 0 Å². The molecular formula is C6H6F3N3O. The van der Waals surface area contributed by atoms with Crippen LogP contribution in [-0.2, 0) is 4.79 Å². The Balaban J connectivity index is 4.58. The number of nitrogens with one attached hydrogen (secondary N) is 1. The van der Waals surface area contributed by atoms with Gasteiger partial charge in [-0.15, -0.1) is 0 Å². The van der Waals surface area contributed by atoms with Crippen LogP contribution in [0.25, 0.3) is 0 Å². The highest BCUT2D eigenvalue weighted by molar-refractivity contribution is 5.46. The molecule has 0 radical (unpaired) electrons. The summed E-state index contributed by atoms with van der Waals surface area (Å²) in [5, 5.41) is 8.56. The monoisotopic (exact) mass is 193 g/mol. The molecule has 0 bridgehead atoms. The van der Waals surface area contributed by atoms with E-state index < -0.39 is 11.9 Å². The van der Waals surface area contributed by atoms with E-state index in [9.17, 15) is 18.0 Å².